The monoisotopic (exact) mass is 488 g/mol. The SMILES string of the molecule is CC(C)=CC(=O)C[C@@](C)(O)[C@H]1CC[C@]2(C)[C@@H]1C[C@@H](O)[C@@H]1[C@@]3(C)CC(=O)[C@H](O)C(C)(C)[C@@H]3CC[C@]12C. The van der Waals surface area contributed by atoms with Gasteiger partial charge >= 0.3 is 0 Å². The quantitative estimate of drug-likeness (QED) is 0.491. The van der Waals surface area contributed by atoms with Gasteiger partial charge in [0.05, 0.1) is 11.7 Å². The molecule has 0 spiro atoms. The van der Waals surface area contributed by atoms with Gasteiger partial charge in [-0.3, -0.25) is 9.59 Å². The summed E-state index contributed by atoms with van der Waals surface area (Å²) < 4.78 is 0. The van der Waals surface area contributed by atoms with E-state index in [1.165, 1.54) is 0 Å². The fraction of sp³-hybridized carbons (Fsp3) is 0.867. The van der Waals surface area contributed by atoms with E-state index in [0.29, 0.717) is 12.8 Å². The van der Waals surface area contributed by atoms with Gasteiger partial charge in [-0.25, -0.2) is 0 Å². The van der Waals surface area contributed by atoms with Gasteiger partial charge in [0.15, 0.2) is 11.6 Å². The average Bonchev–Trinajstić information content (AvgIpc) is 3.03. The summed E-state index contributed by atoms with van der Waals surface area (Å²) in [6.07, 6.45) is 4.78. The van der Waals surface area contributed by atoms with Gasteiger partial charge in [-0.1, -0.05) is 40.2 Å². The Kier molecular flexibility index (Phi) is 6.35. The number of carbonyl (C=O) groups is 2. The van der Waals surface area contributed by atoms with E-state index in [-0.39, 0.29) is 57.9 Å². The van der Waals surface area contributed by atoms with Crippen molar-refractivity contribution >= 4 is 11.6 Å². The minimum absolute atomic E-state index is 0.0401. The second kappa shape index (κ2) is 8.23. The largest absolute Gasteiger partial charge is 0.393 e. The normalized spacial score (nSPS) is 48.3. The minimum Gasteiger partial charge on any atom is -0.393 e. The first-order chi connectivity index (χ1) is 15.9. The van der Waals surface area contributed by atoms with Crippen molar-refractivity contribution in [3.63, 3.8) is 0 Å². The molecule has 0 amide bonds. The molecule has 198 valence electrons. The summed E-state index contributed by atoms with van der Waals surface area (Å²) >= 11 is 0. The summed E-state index contributed by atoms with van der Waals surface area (Å²) in [5.74, 6) is 0.0536. The third-order valence-corrected chi connectivity index (χ3v) is 11.9. The van der Waals surface area contributed by atoms with Crippen molar-refractivity contribution < 1.29 is 24.9 Å². The summed E-state index contributed by atoms with van der Waals surface area (Å²) in [7, 11) is 0. The van der Waals surface area contributed by atoms with Crippen LogP contribution in [0.2, 0.25) is 0 Å². The number of Topliss-reactive ketones (excluding diaryl/α,β-unsaturated/α-hetero) is 1. The van der Waals surface area contributed by atoms with Crippen molar-refractivity contribution in [2.24, 2.45) is 45.3 Å². The molecule has 0 heterocycles. The molecule has 4 aliphatic rings. The van der Waals surface area contributed by atoms with Crippen LogP contribution >= 0.6 is 0 Å². The smallest absolute Gasteiger partial charge is 0.162 e. The highest BCUT2D eigenvalue weighted by Gasteiger charge is 2.72. The molecule has 0 aliphatic heterocycles. The molecule has 0 aromatic carbocycles. The van der Waals surface area contributed by atoms with E-state index in [4.69, 9.17) is 0 Å². The second-order valence-corrected chi connectivity index (χ2v) is 14.6. The highest BCUT2D eigenvalue weighted by molar-refractivity contribution is 5.91. The Hall–Kier alpha value is -1.04. The van der Waals surface area contributed by atoms with E-state index in [1.807, 2.05) is 34.6 Å². The zero-order valence-electron chi connectivity index (χ0n) is 23.1. The molecule has 4 aliphatic carbocycles. The van der Waals surface area contributed by atoms with Crippen LogP contribution in [0, 0.1) is 45.3 Å². The molecule has 35 heavy (non-hydrogen) atoms. The lowest BCUT2D eigenvalue weighted by Gasteiger charge is -2.70. The molecule has 0 unspecified atom stereocenters. The van der Waals surface area contributed by atoms with E-state index >= 15 is 0 Å². The van der Waals surface area contributed by atoms with Crippen molar-refractivity contribution in [2.45, 2.75) is 118 Å². The highest BCUT2D eigenvalue weighted by Crippen LogP contribution is 2.75. The van der Waals surface area contributed by atoms with Gasteiger partial charge < -0.3 is 15.3 Å². The Morgan fingerprint density at radius 3 is 2.26 bits per heavy atom. The van der Waals surface area contributed by atoms with E-state index in [9.17, 15) is 24.9 Å². The lowest BCUT2D eigenvalue weighted by atomic mass is 9.34. The number of rotatable bonds is 4. The van der Waals surface area contributed by atoms with Crippen LogP contribution in [0.15, 0.2) is 11.6 Å². The minimum atomic E-state index is -1.12. The number of hydrogen-bond donors (Lipinski definition) is 3. The number of carbonyl (C=O) groups excluding carboxylic acids is 2. The summed E-state index contributed by atoms with van der Waals surface area (Å²) in [5, 5.41) is 34.2. The van der Waals surface area contributed by atoms with E-state index < -0.39 is 23.2 Å². The lowest BCUT2D eigenvalue weighted by Crippen LogP contribution is -2.69. The highest BCUT2D eigenvalue weighted by atomic mass is 16.3. The number of aliphatic hydroxyl groups excluding tert-OH is 2. The molecule has 4 rings (SSSR count). The maximum absolute atomic E-state index is 13.0. The van der Waals surface area contributed by atoms with Crippen molar-refractivity contribution in [3.05, 3.63) is 11.6 Å². The zero-order valence-corrected chi connectivity index (χ0v) is 23.1. The first kappa shape index (κ1) is 27.0. The fourth-order valence-electron chi connectivity index (χ4n) is 10.3. The number of allylic oxidation sites excluding steroid dienone is 2. The predicted molar refractivity (Wildman–Crippen MR) is 136 cm³/mol. The average molecular weight is 489 g/mol. The Balaban J connectivity index is 1.70. The number of hydrogen-bond acceptors (Lipinski definition) is 5. The standard InChI is InChI=1S/C30H48O5/c1-17(2)13-18(31)15-30(8,35)19-9-11-28(6)20(19)14-21(32)24-27(5)16-22(33)25(34)26(3,4)23(27)10-12-29(24,28)7/h13,19-21,23-25,32,34-35H,9-12,14-16H2,1-8H3/t19-,20+,21+,23-,24+,25-,27-,28+,29+,30+/m0/s1. The number of ketones is 2. The predicted octanol–water partition coefficient (Wildman–Crippen LogP) is 4.86. The van der Waals surface area contributed by atoms with Crippen LogP contribution in [0.4, 0.5) is 0 Å². The molecule has 0 aromatic rings. The Morgan fingerprint density at radius 2 is 1.66 bits per heavy atom. The van der Waals surface area contributed by atoms with Crippen molar-refractivity contribution in [1.29, 1.82) is 0 Å². The van der Waals surface area contributed by atoms with Crippen LogP contribution in [0.5, 0.6) is 0 Å². The molecule has 4 saturated carbocycles. The van der Waals surface area contributed by atoms with Gasteiger partial charge in [0.1, 0.15) is 6.10 Å². The molecule has 4 fully saturated rings. The summed E-state index contributed by atoms with van der Waals surface area (Å²) in [6.45, 7) is 16.5. The Bertz CT molecular complexity index is 929. The molecule has 5 heteroatoms. The molecule has 10 atom stereocenters. The lowest BCUT2D eigenvalue weighted by molar-refractivity contribution is -0.250. The van der Waals surface area contributed by atoms with Crippen molar-refractivity contribution in [3.8, 4) is 0 Å². The van der Waals surface area contributed by atoms with Crippen molar-refractivity contribution in [2.75, 3.05) is 0 Å². The molecule has 0 radical (unpaired) electrons. The number of fused-ring (bicyclic) bond motifs is 5. The van der Waals surface area contributed by atoms with Crippen LogP contribution in [0.1, 0.15) is 100 Å². The van der Waals surface area contributed by atoms with Crippen LogP contribution in [-0.2, 0) is 9.59 Å². The molecule has 0 saturated heterocycles. The van der Waals surface area contributed by atoms with Crippen LogP contribution in [-0.4, -0.2) is 44.7 Å². The summed E-state index contributed by atoms with van der Waals surface area (Å²) in [5.41, 5.74) is -1.36. The first-order valence-electron chi connectivity index (χ1n) is 13.7. The maximum atomic E-state index is 13.0. The van der Waals surface area contributed by atoms with Gasteiger partial charge in [0, 0.05) is 18.3 Å². The van der Waals surface area contributed by atoms with Crippen LogP contribution in [0.3, 0.4) is 0 Å². The Labute approximate surface area is 211 Å². The second-order valence-electron chi connectivity index (χ2n) is 14.6. The van der Waals surface area contributed by atoms with Crippen LogP contribution < -0.4 is 0 Å². The summed E-state index contributed by atoms with van der Waals surface area (Å²) in [4.78, 5) is 25.6. The van der Waals surface area contributed by atoms with Crippen molar-refractivity contribution in [1.82, 2.24) is 0 Å². The molecule has 0 aromatic heterocycles. The van der Waals surface area contributed by atoms with Gasteiger partial charge in [-0.15, -0.1) is 0 Å². The summed E-state index contributed by atoms with van der Waals surface area (Å²) in [6, 6.07) is 0. The van der Waals surface area contributed by atoms with Gasteiger partial charge in [-0.05, 0) is 98.9 Å². The topological polar surface area (TPSA) is 94.8 Å². The molecule has 5 nitrogen and oxygen atoms in total. The van der Waals surface area contributed by atoms with E-state index in [2.05, 4.69) is 20.8 Å². The van der Waals surface area contributed by atoms with Gasteiger partial charge in [0.2, 0.25) is 0 Å². The molecule has 0 bridgehead atoms. The van der Waals surface area contributed by atoms with Crippen LogP contribution in [0.25, 0.3) is 0 Å². The van der Waals surface area contributed by atoms with Gasteiger partial charge in [-0.2, -0.15) is 0 Å². The third-order valence-electron chi connectivity index (χ3n) is 11.9. The van der Waals surface area contributed by atoms with E-state index in [0.717, 1.165) is 31.3 Å². The maximum Gasteiger partial charge on any atom is 0.162 e. The molecular formula is C30H48O5. The van der Waals surface area contributed by atoms with Gasteiger partial charge in [0.25, 0.3) is 0 Å². The first-order valence-corrected chi connectivity index (χ1v) is 13.7. The Morgan fingerprint density at radius 1 is 1.06 bits per heavy atom. The zero-order chi connectivity index (χ0) is 26.4. The third kappa shape index (κ3) is 3.74. The number of aliphatic hydroxyl groups is 3. The fourth-order valence-corrected chi connectivity index (χ4v) is 10.3. The van der Waals surface area contributed by atoms with E-state index in [1.54, 1.807) is 6.08 Å². The molecule has 3 N–H and O–H groups in total. The molecular weight excluding hydrogens is 440 g/mol.